The lowest BCUT2D eigenvalue weighted by Crippen LogP contribution is -2.36. The Morgan fingerprint density at radius 1 is 1.12 bits per heavy atom. The first-order chi connectivity index (χ1) is 15.7. The number of pyridine rings is 1. The number of nitrogens with two attached hydrogens (primary N) is 1. The molecule has 0 spiro atoms. The Morgan fingerprint density at radius 2 is 1.88 bits per heavy atom. The summed E-state index contributed by atoms with van der Waals surface area (Å²) in [7, 11) is 0. The van der Waals surface area contributed by atoms with Gasteiger partial charge in [-0.3, -0.25) is 9.36 Å². The van der Waals surface area contributed by atoms with Gasteiger partial charge in [0.2, 0.25) is 5.95 Å². The van der Waals surface area contributed by atoms with E-state index in [1.807, 2.05) is 45.0 Å². The van der Waals surface area contributed by atoms with Gasteiger partial charge in [0.15, 0.2) is 5.65 Å². The number of aliphatic hydroxyl groups excluding tert-OH is 1. The average molecular weight is 448 g/mol. The molecule has 0 atom stereocenters. The van der Waals surface area contributed by atoms with Crippen molar-refractivity contribution in [3.05, 3.63) is 81.9 Å². The number of fused-ring (bicyclic) bond motifs is 1. The molecule has 2 aromatic heterocycles. The number of anilines is 1. The Morgan fingerprint density at radius 3 is 2.58 bits per heavy atom. The molecule has 4 N–H and O–H groups in total. The molecule has 4 rings (SSSR count). The molecule has 2 aromatic carbocycles. The van der Waals surface area contributed by atoms with Crippen LogP contribution in [0.1, 0.15) is 25.0 Å². The van der Waals surface area contributed by atoms with E-state index in [2.05, 4.69) is 10.3 Å². The number of halogens is 1. The maximum absolute atomic E-state index is 13.9. The van der Waals surface area contributed by atoms with Gasteiger partial charge in [-0.2, -0.15) is 4.98 Å². The number of aryl methyl sites for hydroxylation is 1. The zero-order chi connectivity index (χ0) is 23.8. The molecule has 0 unspecified atom stereocenters. The molecule has 2 heterocycles. The molecule has 0 radical (unpaired) electrons. The van der Waals surface area contributed by atoms with Gasteiger partial charge >= 0.3 is 0 Å². The second-order valence-electron chi connectivity index (χ2n) is 8.60. The Balaban J connectivity index is 2.11. The summed E-state index contributed by atoms with van der Waals surface area (Å²) in [5.41, 5.74) is 8.69. The predicted molar refractivity (Wildman–Crippen MR) is 128 cm³/mol. The molecule has 7 nitrogen and oxygen atoms in total. The number of nitrogens with one attached hydrogen (secondary N) is 1. The lowest BCUT2D eigenvalue weighted by Gasteiger charge is -2.24. The monoisotopic (exact) mass is 447 g/mol. The molecule has 0 aliphatic carbocycles. The summed E-state index contributed by atoms with van der Waals surface area (Å²) in [4.78, 5) is 22.4. The number of aromatic nitrogens is 3. The van der Waals surface area contributed by atoms with E-state index in [1.165, 1.54) is 18.2 Å². The van der Waals surface area contributed by atoms with Crippen LogP contribution >= 0.6 is 0 Å². The van der Waals surface area contributed by atoms with E-state index in [0.717, 1.165) is 5.56 Å². The summed E-state index contributed by atoms with van der Waals surface area (Å²) in [6, 6.07) is 15.0. The smallest absolute Gasteiger partial charge is 0.256 e. The van der Waals surface area contributed by atoms with Crippen LogP contribution < -0.4 is 16.6 Å². The average Bonchev–Trinajstić information content (AvgIpc) is 2.79. The van der Waals surface area contributed by atoms with Crippen LogP contribution in [0.2, 0.25) is 0 Å². The fourth-order valence-corrected chi connectivity index (χ4v) is 3.73. The van der Waals surface area contributed by atoms with Crippen LogP contribution in [0.5, 0.6) is 0 Å². The molecule has 0 amide bonds. The van der Waals surface area contributed by atoms with Crippen LogP contribution in [-0.2, 0) is 6.54 Å². The Hall–Kier alpha value is -3.62. The summed E-state index contributed by atoms with van der Waals surface area (Å²) in [5, 5.41) is 13.5. The lowest BCUT2D eigenvalue weighted by atomic mass is 10.0. The topological polar surface area (TPSA) is 106 Å². The van der Waals surface area contributed by atoms with Crippen LogP contribution in [0.25, 0.3) is 28.0 Å². The third-order valence-corrected chi connectivity index (χ3v) is 5.49. The molecular formula is C25H26FN5O2. The highest BCUT2D eigenvalue weighted by atomic mass is 19.1. The van der Waals surface area contributed by atoms with Crippen molar-refractivity contribution in [1.29, 1.82) is 0 Å². The van der Waals surface area contributed by atoms with E-state index < -0.39 is 11.4 Å². The minimum Gasteiger partial charge on any atom is -0.394 e. The summed E-state index contributed by atoms with van der Waals surface area (Å²) in [6.45, 7) is 5.49. The SMILES string of the molecule is Cc1ccccc1-n1c(=O)ccc2c(-c3ccc(F)cc3CN)nc(NC(C)(C)CO)nc21. The molecule has 8 heteroatoms. The summed E-state index contributed by atoms with van der Waals surface area (Å²) >= 11 is 0. The molecule has 0 aliphatic heterocycles. The van der Waals surface area contributed by atoms with Crippen molar-refractivity contribution in [2.75, 3.05) is 11.9 Å². The van der Waals surface area contributed by atoms with Gasteiger partial charge in [-0.25, -0.2) is 9.37 Å². The van der Waals surface area contributed by atoms with Gasteiger partial charge in [0.25, 0.3) is 5.56 Å². The van der Waals surface area contributed by atoms with Gasteiger partial charge < -0.3 is 16.2 Å². The molecule has 0 saturated heterocycles. The van der Waals surface area contributed by atoms with Crippen molar-refractivity contribution >= 4 is 17.0 Å². The zero-order valence-corrected chi connectivity index (χ0v) is 18.8. The minimum absolute atomic E-state index is 0.112. The highest BCUT2D eigenvalue weighted by molar-refractivity contribution is 5.93. The van der Waals surface area contributed by atoms with Crippen molar-refractivity contribution in [1.82, 2.24) is 14.5 Å². The molecule has 0 aliphatic rings. The second kappa shape index (κ2) is 8.73. The van der Waals surface area contributed by atoms with Gasteiger partial charge in [0, 0.05) is 23.6 Å². The molecule has 170 valence electrons. The number of hydrogen-bond acceptors (Lipinski definition) is 6. The number of nitrogens with zero attached hydrogens (tertiary/aromatic N) is 3. The summed E-state index contributed by atoms with van der Waals surface area (Å²) < 4.78 is 15.5. The minimum atomic E-state index is -0.715. The van der Waals surface area contributed by atoms with Crippen LogP contribution in [0.15, 0.2) is 59.4 Å². The van der Waals surface area contributed by atoms with Crippen molar-refractivity contribution in [3.63, 3.8) is 0 Å². The normalized spacial score (nSPS) is 11.7. The van der Waals surface area contributed by atoms with E-state index in [9.17, 15) is 14.3 Å². The molecule has 0 bridgehead atoms. The van der Waals surface area contributed by atoms with Gasteiger partial charge in [-0.05, 0) is 62.2 Å². The number of rotatable bonds is 6. The third-order valence-electron chi connectivity index (χ3n) is 5.49. The fraction of sp³-hybridized carbons (Fsp3) is 0.240. The quantitative estimate of drug-likeness (QED) is 0.418. The third kappa shape index (κ3) is 4.35. The molecular weight excluding hydrogens is 421 g/mol. The molecule has 33 heavy (non-hydrogen) atoms. The second-order valence-corrected chi connectivity index (χ2v) is 8.60. The highest BCUT2D eigenvalue weighted by Crippen LogP contribution is 2.31. The number of aliphatic hydroxyl groups is 1. The Bertz CT molecular complexity index is 1400. The number of para-hydroxylation sites is 1. The van der Waals surface area contributed by atoms with Gasteiger partial charge in [0.1, 0.15) is 5.82 Å². The van der Waals surface area contributed by atoms with E-state index in [-0.39, 0.29) is 24.7 Å². The number of benzene rings is 2. The first-order valence-corrected chi connectivity index (χ1v) is 10.6. The van der Waals surface area contributed by atoms with Crippen molar-refractivity contribution in [2.24, 2.45) is 5.73 Å². The maximum atomic E-state index is 13.9. The van der Waals surface area contributed by atoms with Crippen LogP contribution in [0.3, 0.4) is 0 Å². The Labute approximate surface area is 190 Å². The first kappa shape index (κ1) is 22.6. The van der Waals surface area contributed by atoms with E-state index in [4.69, 9.17) is 10.7 Å². The summed E-state index contributed by atoms with van der Waals surface area (Å²) in [5.74, 6) is -0.161. The predicted octanol–water partition coefficient (Wildman–Crippen LogP) is 3.54. The zero-order valence-electron chi connectivity index (χ0n) is 18.8. The van der Waals surface area contributed by atoms with Crippen LogP contribution in [0.4, 0.5) is 10.3 Å². The van der Waals surface area contributed by atoms with Crippen LogP contribution in [0, 0.1) is 12.7 Å². The van der Waals surface area contributed by atoms with Gasteiger partial charge in [0.05, 0.1) is 23.5 Å². The Kier molecular flexibility index (Phi) is 5.97. The van der Waals surface area contributed by atoms with Gasteiger partial charge in [-0.1, -0.05) is 18.2 Å². The van der Waals surface area contributed by atoms with E-state index >= 15 is 0 Å². The lowest BCUT2D eigenvalue weighted by molar-refractivity contribution is 0.233. The summed E-state index contributed by atoms with van der Waals surface area (Å²) in [6.07, 6.45) is 0. The van der Waals surface area contributed by atoms with Gasteiger partial charge in [-0.15, -0.1) is 0 Å². The largest absolute Gasteiger partial charge is 0.394 e. The molecule has 0 fully saturated rings. The highest BCUT2D eigenvalue weighted by Gasteiger charge is 2.22. The van der Waals surface area contributed by atoms with Crippen molar-refractivity contribution in [3.8, 4) is 16.9 Å². The van der Waals surface area contributed by atoms with E-state index in [0.29, 0.717) is 33.5 Å². The number of hydrogen-bond donors (Lipinski definition) is 3. The molecule has 4 aromatic rings. The maximum Gasteiger partial charge on any atom is 0.256 e. The van der Waals surface area contributed by atoms with Crippen molar-refractivity contribution in [2.45, 2.75) is 32.9 Å². The van der Waals surface area contributed by atoms with Crippen molar-refractivity contribution < 1.29 is 9.50 Å². The molecule has 0 saturated carbocycles. The van der Waals surface area contributed by atoms with E-state index in [1.54, 1.807) is 16.7 Å². The fourth-order valence-electron chi connectivity index (χ4n) is 3.73. The van der Waals surface area contributed by atoms with Crippen LogP contribution in [-0.4, -0.2) is 31.8 Å². The standard InChI is InChI=1S/C25H26FN5O2/c1-15-6-4-5-7-20(15)31-21(33)11-10-19-22(18-9-8-17(26)12-16(18)13-27)28-24(29-23(19)31)30-25(2,3)14-32/h4-12,32H,13-14,27H2,1-3H3,(H,28,29,30). The first-order valence-electron chi connectivity index (χ1n) is 10.6.